The molecule has 0 unspecified atom stereocenters. The van der Waals surface area contributed by atoms with Crippen molar-refractivity contribution in [2.75, 3.05) is 0 Å². The minimum atomic E-state index is -0.692. The van der Waals surface area contributed by atoms with Gasteiger partial charge in [0.1, 0.15) is 24.0 Å². The third-order valence-corrected chi connectivity index (χ3v) is 3.01. The van der Waals surface area contributed by atoms with Crippen molar-refractivity contribution in [3.8, 4) is 5.75 Å². The number of hydrogen-bond donors (Lipinski definition) is 1. The number of benzene rings is 2. The lowest BCUT2D eigenvalue weighted by molar-refractivity contribution is 0.189. The Morgan fingerprint density at radius 1 is 1.15 bits per heavy atom. The van der Waals surface area contributed by atoms with Crippen LogP contribution in [0.15, 0.2) is 36.4 Å². The standard InChI is InChI=1S/C16H16F2O2/c1-10-3-6-16(14(7-10)11(2)19)20-9-12-8-13(17)4-5-15(12)18/h3-8,11,19H,9H2,1-2H3/t11-/m1/s1. The van der Waals surface area contributed by atoms with Crippen molar-refractivity contribution in [3.63, 3.8) is 0 Å². The zero-order chi connectivity index (χ0) is 14.7. The van der Waals surface area contributed by atoms with Gasteiger partial charge in [-0.25, -0.2) is 8.78 Å². The van der Waals surface area contributed by atoms with E-state index in [1.807, 2.05) is 19.1 Å². The molecule has 0 amide bonds. The average molecular weight is 278 g/mol. The lowest BCUT2D eigenvalue weighted by atomic mass is 10.1. The highest BCUT2D eigenvalue weighted by atomic mass is 19.1. The maximum atomic E-state index is 13.5. The van der Waals surface area contributed by atoms with E-state index in [0.717, 1.165) is 23.8 Å². The molecule has 2 nitrogen and oxygen atoms in total. The van der Waals surface area contributed by atoms with Crippen molar-refractivity contribution in [3.05, 3.63) is 64.7 Å². The van der Waals surface area contributed by atoms with Gasteiger partial charge in [-0.1, -0.05) is 11.6 Å². The van der Waals surface area contributed by atoms with E-state index in [-0.39, 0.29) is 12.2 Å². The summed E-state index contributed by atoms with van der Waals surface area (Å²) in [5, 5.41) is 9.71. The number of hydrogen-bond acceptors (Lipinski definition) is 2. The van der Waals surface area contributed by atoms with Gasteiger partial charge >= 0.3 is 0 Å². The van der Waals surface area contributed by atoms with Crippen LogP contribution in [-0.4, -0.2) is 5.11 Å². The van der Waals surface area contributed by atoms with Gasteiger partial charge in [0.05, 0.1) is 6.10 Å². The smallest absolute Gasteiger partial charge is 0.130 e. The zero-order valence-electron chi connectivity index (χ0n) is 11.4. The van der Waals surface area contributed by atoms with Crippen molar-refractivity contribution < 1.29 is 18.6 Å². The Labute approximate surface area is 116 Å². The lowest BCUT2D eigenvalue weighted by Crippen LogP contribution is -2.03. The molecule has 2 aromatic rings. The summed E-state index contributed by atoms with van der Waals surface area (Å²) in [5.74, 6) is -0.559. The van der Waals surface area contributed by atoms with Gasteiger partial charge < -0.3 is 9.84 Å². The molecular formula is C16H16F2O2. The van der Waals surface area contributed by atoms with Crippen molar-refractivity contribution in [1.29, 1.82) is 0 Å². The van der Waals surface area contributed by atoms with Crippen LogP contribution in [0, 0.1) is 18.6 Å². The maximum Gasteiger partial charge on any atom is 0.130 e. The van der Waals surface area contributed by atoms with Gasteiger partial charge in [0.15, 0.2) is 0 Å². The summed E-state index contributed by atoms with van der Waals surface area (Å²) in [5.41, 5.74) is 1.76. The van der Waals surface area contributed by atoms with Crippen LogP contribution in [0.25, 0.3) is 0 Å². The largest absolute Gasteiger partial charge is 0.488 e. The first-order valence-electron chi connectivity index (χ1n) is 6.32. The van der Waals surface area contributed by atoms with Gasteiger partial charge in [-0.05, 0) is 44.2 Å². The normalized spacial score (nSPS) is 12.2. The Morgan fingerprint density at radius 3 is 2.60 bits per heavy atom. The number of aliphatic hydroxyl groups excluding tert-OH is 1. The van der Waals surface area contributed by atoms with E-state index in [1.54, 1.807) is 13.0 Å². The first kappa shape index (κ1) is 14.5. The Balaban J connectivity index is 2.20. The van der Waals surface area contributed by atoms with Crippen LogP contribution in [0.3, 0.4) is 0 Å². The summed E-state index contributed by atoms with van der Waals surface area (Å²) >= 11 is 0. The van der Waals surface area contributed by atoms with Crippen LogP contribution in [0.1, 0.15) is 29.7 Å². The average Bonchev–Trinajstić information content (AvgIpc) is 2.40. The molecule has 2 aromatic carbocycles. The molecule has 0 fully saturated rings. The van der Waals surface area contributed by atoms with E-state index in [2.05, 4.69) is 0 Å². The van der Waals surface area contributed by atoms with Crippen molar-refractivity contribution in [2.45, 2.75) is 26.6 Å². The fourth-order valence-corrected chi connectivity index (χ4v) is 1.94. The zero-order valence-corrected chi connectivity index (χ0v) is 11.4. The Kier molecular flexibility index (Phi) is 4.35. The number of rotatable bonds is 4. The molecule has 4 heteroatoms. The predicted octanol–water partition coefficient (Wildman–Crippen LogP) is 3.91. The summed E-state index contributed by atoms with van der Waals surface area (Å²) in [6, 6.07) is 8.59. The van der Waals surface area contributed by atoms with Crippen LogP contribution in [0.2, 0.25) is 0 Å². The molecule has 0 radical (unpaired) electrons. The van der Waals surface area contributed by atoms with Gasteiger partial charge in [0.25, 0.3) is 0 Å². The summed E-state index contributed by atoms with van der Waals surface area (Å²) in [6.45, 7) is 3.44. The summed E-state index contributed by atoms with van der Waals surface area (Å²) in [6.07, 6.45) is -0.692. The van der Waals surface area contributed by atoms with E-state index < -0.39 is 17.7 Å². The Bertz CT molecular complexity index is 609. The van der Waals surface area contributed by atoms with Gasteiger partial charge in [-0.15, -0.1) is 0 Å². The number of halogens is 2. The van der Waals surface area contributed by atoms with Crippen molar-refractivity contribution >= 4 is 0 Å². The second-order valence-corrected chi connectivity index (χ2v) is 4.74. The molecule has 0 heterocycles. The summed E-state index contributed by atoms with van der Waals surface area (Å²) < 4.78 is 32.1. The predicted molar refractivity (Wildman–Crippen MR) is 72.5 cm³/mol. The molecule has 20 heavy (non-hydrogen) atoms. The molecule has 0 spiro atoms. The molecule has 2 rings (SSSR count). The van der Waals surface area contributed by atoms with Gasteiger partial charge in [-0.2, -0.15) is 0 Å². The second kappa shape index (κ2) is 6.01. The van der Waals surface area contributed by atoms with Crippen LogP contribution in [-0.2, 0) is 6.61 Å². The van der Waals surface area contributed by atoms with Gasteiger partial charge in [0.2, 0.25) is 0 Å². The third kappa shape index (κ3) is 3.33. The van der Waals surface area contributed by atoms with E-state index in [0.29, 0.717) is 11.3 Å². The van der Waals surface area contributed by atoms with Crippen LogP contribution in [0.4, 0.5) is 8.78 Å². The van der Waals surface area contributed by atoms with Crippen LogP contribution in [0.5, 0.6) is 5.75 Å². The molecule has 0 aliphatic rings. The van der Waals surface area contributed by atoms with Crippen molar-refractivity contribution in [1.82, 2.24) is 0 Å². The lowest BCUT2D eigenvalue weighted by Gasteiger charge is -2.14. The topological polar surface area (TPSA) is 29.5 Å². The highest BCUT2D eigenvalue weighted by Crippen LogP contribution is 2.27. The fourth-order valence-electron chi connectivity index (χ4n) is 1.94. The third-order valence-electron chi connectivity index (χ3n) is 3.01. The van der Waals surface area contributed by atoms with Gasteiger partial charge in [-0.3, -0.25) is 0 Å². The quantitative estimate of drug-likeness (QED) is 0.919. The van der Waals surface area contributed by atoms with Gasteiger partial charge in [0, 0.05) is 11.1 Å². The van der Waals surface area contributed by atoms with Crippen molar-refractivity contribution in [2.24, 2.45) is 0 Å². The molecule has 106 valence electrons. The summed E-state index contributed by atoms with van der Waals surface area (Å²) in [7, 11) is 0. The highest BCUT2D eigenvalue weighted by Gasteiger charge is 2.11. The van der Waals surface area contributed by atoms with E-state index in [1.165, 1.54) is 0 Å². The fraction of sp³-hybridized carbons (Fsp3) is 0.250. The molecule has 1 N–H and O–H groups in total. The number of aliphatic hydroxyl groups is 1. The summed E-state index contributed by atoms with van der Waals surface area (Å²) in [4.78, 5) is 0. The van der Waals surface area contributed by atoms with E-state index in [4.69, 9.17) is 4.74 Å². The maximum absolute atomic E-state index is 13.5. The Morgan fingerprint density at radius 2 is 1.90 bits per heavy atom. The molecule has 0 saturated heterocycles. The number of ether oxygens (including phenoxy) is 1. The monoisotopic (exact) mass is 278 g/mol. The first-order valence-corrected chi connectivity index (χ1v) is 6.32. The SMILES string of the molecule is Cc1ccc(OCc2cc(F)ccc2F)c([C@@H](C)O)c1. The molecular weight excluding hydrogens is 262 g/mol. The molecule has 0 aliphatic carbocycles. The molecule has 0 aliphatic heterocycles. The molecule has 0 bridgehead atoms. The van der Waals surface area contributed by atoms with E-state index >= 15 is 0 Å². The number of aryl methyl sites for hydroxylation is 1. The highest BCUT2D eigenvalue weighted by molar-refractivity contribution is 5.38. The minimum Gasteiger partial charge on any atom is -0.488 e. The second-order valence-electron chi connectivity index (χ2n) is 4.74. The molecule has 0 aromatic heterocycles. The molecule has 1 atom stereocenters. The van der Waals surface area contributed by atoms with E-state index in [9.17, 15) is 13.9 Å². The minimum absolute atomic E-state index is 0.0909. The Hall–Kier alpha value is -1.94. The molecule has 0 saturated carbocycles. The van der Waals surface area contributed by atoms with Crippen LogP contribution >= 0.6 is 0 Å². The first-order chi connectivity index (χ1) is 9.47. The van der Waals surface area contributed by atoms with Crippen LogP contribution < -0.4 is 4.74 Å².